The highest BCUT2D eigenvalue weighted by Gasteiger charge is 2.45. The highest BCUT2D eigenvalue weighted by atomic mass is 32.2. The Morgan fingerprint density at radius 3 is 1.93 bits per heavy atom. The fraction of sp³-hybridized carbons (Fsp3) is 0.850. The van der Waals surface area contributed by atoms with Gasteiger partial charge in [0.05, 0.1) is 12.6 Å². The topological polar surface area (TPSA) is 65.0 Å². The summed E-state index contributed by atoms with van der Waals surface area (Å²) in [6.07, 6.45) is 0. The van der Waals surface area contributed by atoms with Gasteiger partial charge in [-0.3, -0.25) is 4.99 Å². The van der Waals surface area contributed by atoms with Crippen LogP contribution in [0.5, 0.6) is 0 Å². The highest BCUT2D eigenvalue weighted by Crippen LogP contribution is 2.45. The molecule has 0 aromatic rings. The van der Waals surface area contributed by atoms with Crippen molar-refractivity contribution in [3.05, 3.63) is 11.3 Å². The van der Waals surface area contributed by atoms with E-state index in [1.807, 2.05) is 0 Å². The number of amidine groups is 1. The average molecular weight is 399 g/mol. The lowest BCUT2D eigenvalue weighted by molar-refractivity contribution is 0.240. The molecule has 0 aliphatic carbocycles. The standard InChI is InChI=1S/C20H38N4O2S/c1-18(2,3)15-14-13-23(27(25,26)21-10)11-12-24(14)17(20(7,8)9)22-16(15)19(4,5)6/h16,21H,11-13H2,1-10H3. The first kappa shape index (κ1) is 22.4. The van der Waals surface area contributed by atoms with Crippen LogP contribution in [0.1, 0.15) is 62.3 Å². The molecule has 0 saturated carbocycles. The summed E-state index contributed by atoms with van der Waals surface area (Å²) in [6, 6.07) is 0.0233. The second-order valence-electron chi connectivity index (χ2n) is 10.8. The van der Waals surface area contributed by atoms with Gasteiger partial charge in [0.25, 0.3) is 10.2 Å². The van der Waals surface area contributed by atoms with Crippen LogP contribution in [0.25, 0.3) is 0 Å². The van der Waals surface area contributed by atoms with Crippen LogP contribution < -0.4 is 4.72 Å². The van der Waals surface area contributed by atoms with E-state index >= 15 is 0 Å². The molecule has 0 aromatic carbocycles. The van der Waals surface area contributed by atoms with E-state index in [-0.39, 0.29) is 22.3 Å². The Morgan fingerprint density at radius 2 is 1.52 bits per heavy atom. The monoisotopic (exact) mass is 398 g/mol. The molecule has 1 saturated heterocycles. The van der Waals surface area contributed by atoms with Crippen LogP contribution in [0.2, 0.25) is 0 Å². The summed E-state index contributed by atoms with van der Waals surface area (Å²) in [5, 5.41) is 0. The molecule has 6 nitrogen and oxygen atoms in total. The van der Waals surface area contributed by atoms with Gasteiger partial charge < -0.3 is 4.90 Å². The lowest BCUT2D eigenvalue weighted by Crippen LogP contribution is -2.57. The van der Waals surface area contributed by atoms with Crippen molar-refractivity contribution in [3.63, 3.8) is 0 Å². The third-order valence-corrected chi connectivity index (χ3v) is 6.72. The molecule has 0 aromatic heterocycles. The quantitative estimate of drug-likeness (QED) is 0.776. The molecule has 2 heterocycles. The molecule has 1 atom stereocenters. The zero-order valence-electron chi connectivity index (χ0n) is 18.8. The molecule has 1 unspecified atom stereocenters. The number of hydrogen-bond acceptors (Lipinski definition) is 4. The number of rotatable bonds is 2. The molecule has 0 bridgehead atoms. The van der Waals surface area contributed by atoms with E-state index in [9.17, 15) is 8.42 Å². The predicted molar refractivity (Wildman–Crippen MR) is 113 cm³/mol. The number of hydrogen-bond donors (Lipinski definition) is 1. The van der Waals surface area contributed by atoms with Gasteiger partial charge in [-0.05, 0) is 16.4 Å². The molecule has 7 heteroatoms. The van der Waals surface area contributed by atoms with Crippen molar-refractivity contribution in [1.29, 1.82) is 0 Å². The summed E-state index contributed by atoms with van der Waals surface area (Å²) in [4.78, 5) is 7.55. The normalized spacial score (nSPS) is 23.4. The highest BCUT2D eigenvalue weighted by molar-refractivity contribution is 7.87. The Morgan fingerprint density at radius 1 is 0.963 bits per heavy atom. The molecule has 2 rings (SSSR count). The zero-order valence-corrected chi connectivity index (χ0v) is 19.6. The molecule has 1 N–H and O–H groups in total. The second-order valence-corrected chi connectivity index (χ2v) is 12.7. The Hall–Kier alpha value is -0.920. The van der Waals surface area contributed by atoms with Crippen molar-refractivity contribution in [3.8, 4) is 0 Å². The first-order chi connectivity index (χ1) is 12.0. The van der Waals surface area contributed by atoms with Crippen molar-refractivity contribution in [1.82, 2.24) is 13.9 Å². The SMILES string of the molecule is CNS(=O)(=O)N1CCN2C(C(C)(C)C)=NC(C(C)(C)C)C(C(C)(C)C)=C2C1. The first-order valence-corrected chi connectivity index (χ1v) is 11.2. The minimum absolute atomic E-state index is 0.0233. The first-order valence-electron chi connectivity index (χ1n) is 9.78. The van der Waals surface area contributed by atoms with E-state index in [1.165, 1.54) is 12.6 Å². The summed E-state index contributed by atoms with van der Waals surface area (Å²) < 4.78 is 29.0. The number of aliphatic imine (C=N–C) groups is 1. The van der Waals surface area contributed by atoms with Gasteiger partial charge >= 0.3 is 0 Å². The Labute approximate surface area is 166 Å². The van der Waals surface area contributed by atoms with Crippen LogP contribution in [0, 0.1) is 16.2 Å². The second kappa shape index (κ2) is 6.85. The number of nitrogens with one attached hydrogen (secondary N) is 1. The summed E-state index contributed by atoms with van der Waals surface area (Å²) in [6.45, 7) is 21.3. The molecule has 0 radical (unpaired) electrons. The van der Waals surface area contributed by atoms with Gasteiger partial charge in [-0.1, -0.05) is 62.3 Å². The van der Waals surface area contributed by atoms with E-state index in [2.05, 4.69) is 71.9 Å². The largest absolute Gasteiger partial charge is 0.331 e. The molecule has 156 valence electrons. The van der Waals surface area contributed by atoms with E-state index in [4.69, 9.17) is 4.99 Å². The van der Waals surface area contributed by atoms with Crippen molar-refractivity contribution in [2.24, 2.45) is 21.2 Å². The summed E-state index contributed by atoms with van der Waals surface area (Å²) in [5.41, 5.74) is 2.08. The van der Waals surface area contributed by atoms with Crippen LogP contribution in [0.4, 0.5) is 0 Å². The van der Waals surface area contributed by atoms with E-state index in [0.717, 1.165) is 11.5 Å². The van der Waals surface area contributed by atoms with Gasteiger partial charge in [0.15, 0.2) is 0 Å². The summed E-state index contributed by atoms with van der Waals surface area (Å²) in [7, 11) is -1.99. The summed E-state index contributed by atoms with van der Waals surface area (Å²) in [5.74, 6) is 1.06. The van der Waals surface area contributed by atoms with Crippen LogP contribution in [0.15, 0.2) is 16.3 Å². The maximum atomic E-state index is 12.5. The molecular formula is C20H38N4O2S. The van der Waals surface area contributed by atoms with Gasteiger partial charge in [0, 0.05) is 31.2 Å². The van der Waals surface area contributed by atoms with Crippen molar-refractivity contribution < 1.29 is 8.42 Å². The number of nitrogens with zero attached hydrogens (tertiary/aromatic N) is 3. The molecule has 1 fully saturated rings. The van der Waals surface area contributed by atoms with Crippen LogP contribution in [-0.2, 0) is 10.2 Å². The van der Waals surface area contributed by atoms with Crippen molar-refractivity contribution in [2.75, 3.05) is 26.7 Å². The molecular weight excluding hydrogens is 360 g/mol. The van der Waals surface area contributed by atoms with Crippen molar-refractivity contribution in [2.45, 2.75) is 68.4 Å². The molecule has 2 aliphatic heterocycles. The minimum Gasteiger partial charge on any atom is -0.331 e. The predicted octanol–water partition coefficient (Wildman–Crippen LogP) is 3.24. The average Bonchev–Trinajstić information content (AvgIpc) is 2.49. The minimum atomic E-state index is -3.46. The van der Waals surface area contributed by atoms with Crippen LogP contribution in [0.3, 0.4) is 0 Å². The van der Waals surface area contributed by atoms with Crippen LogP contribution >= 0.6 is 0 Å². The molecule has 2 aliphatic rings. The summed E-state index contributed by atoms with van der Waals surface area (Å²) >= 11 is 0. The Balaban J connectivity index is 2.71. The van der Waals surface area contributed by atoms with Gasteiger partial charge in [0.2, 0.25) is 0 Å². The fourth-order valence-electron chi connectivity index (χ4n) is 3.96. The van der Waals surface area contributed by atoms with E-state index in [1.54, 1.807) is 4.31 Å². The van der Waals surface area contributed by atoms with Gasteiger partial charge in [-0.2, -0.15) is 12.7 Å². The Kier molecular flexibility index (Phi) is 5.67. The lowest BCUT2D eigenvalue weighted by Gasteiger charge is -2.50. The molecule has 0 amide bonds. The molecule has 27 heavy (non-hydrogen) atoms. The Bertz CT molecular complexity index is 746. The van der Waals surface area contributed by atoms with Crippen molar-refractivity contribution >= 4 is 16.0 Å². The number of fused-ring (bicyclic) bond motifs is 1. The maximum Gasteiger partial charge on any atom is 0.279 e. The van der Waals surface area contributed by atoms with Gasteiger partial charge in [-0.25, -0.2) is 4.72 Å². The third-order valence-electron chi connectivity index (χ3n) is 5.21. The fourth-order valence-corrected chi connectivity index (χ4v) is 4.83. The van der Waals surface area contributed by atoms with E-state index < -0.39 is 10.2 Å². The lowest BCUT2D eigenvalue weighted by atomic mass is 9.70. The number of piperazine rings is 1. The van der Waals surface area contributed by atoms with E-state index in [0.29, 0.717) is 19.6 Å². The van der Waals surface area contributed by atoms with Gasteiger partial charge in [-0.15, -0.1) is 0 Å². The van der Waals surface area contributed by atoms with Gasteiger partial charge in [0.1, 0.15) is 5.84 Å². The smallest absolute Gasteiger partial charge is 0.279 e. The zero-order chi connectivity index (χ0) is 21.0. The van der Waals surface area contributed by atoms with Crippen LogP contribution in [-0.4, -0.2) is 56.2 Å². The molecule has 0 spiro atoms. The third kappa shape index (κ3) is 4.40. The maximum absolute atomic E-state index is 12.5.